The average Bonchev–Trinajstić information content (AvgIpc) is 2.45. The summed E-state index contributed by atoms with van der Waals surface area (Å²) >= 11 is 0. The lowest BCUT2D eigenvalue weighted by molar-refractivity contribution is 0.101. The van der Waals surface area contributed by atoms with Crippen LogP contribution in [0.2, 0.25) is 0 Å². The van der Waals surface area contributed by atoms with Crippen molar-refractivity contribution in [1.29, 1.82) is 0 Å². The van der Waals surface area contributed by atoms with Gasteiger partial charge in [-0.2, -0.15) is 0 Å². The smallest absolute Gasteiger partial charge is 0.159 e. The Morgan fingerprint density at radius 1 is 1.21 bits per heavy atom. The molecule has 1 aromatic carbocycles. The van der Waals surface area contributed by atoms with E-state index < -0.39 is 0 Å². The molecule has 0 saturated heterocycles. The first-order chi connectivity index (χ1) is 9.20. The lowest BCUT2D eigenvalue weighted by Crippen LogP contribution is -2.28. The van der Waals surface area contributed by atoms with Crippen molar-refractivity contribution in [2.45, 2.75) is 32.6 Å². The molecule has 0 aliphatic heterocycles. The molecule has 1 saturated carbocycles. The predicted octanol–water partition coefficient (Wildman–Crippen LogP) is 3.10. The van der Waals surface area contributed by atoms with E-state index in [9.17, 15) is 9.90 Å². The average molecular weight is 261 g/mol. The zero-order chi connectivity index (χ0) is 13.7. The van der Waals surface area contributed by atoms with Crippen molar-refractivity contribution in [1.82, 2.24) is 0 Å². The zero-order valence-corrected chi connectivity index (χ0v) is 11.6. The van der Waals surface area contributed by atoms with Gasteiger partial charge in [-0.1, -0.05) is 12.8 Å². The molecule has 1 aliphatic carbocycles. The third kappa shape index (κ3) is 3.80. The number of aliphatic hydroxyl groups excluding tert-OH is 1. The number of carbonyl (C=O) groups excluding carboxylic acids is 1. The molecule has 3 heteroatoms. The maximum atomic E-state index is 11.2. The van der Waals surface area contributed by atoms with Crippen LogP contribution in [-0.4, -0.2) is 24.0 Å². The van der Waals surface area contributed by atoms with E-state index in [1.165, 1.54) is 19.3 Å². The first-order valence-electron chi connectivity index (χ1n) is 7.16. The summed E-state index contributed by atoms with van der Waals surface area (Å²) in [5.74, 6) is 1.10. The predicted molar refractivity (Wildman–Crippen MR) is 77.5 cm³/mol. The highest BCUT2D eigenvalue weighted by Crippen LogP contribution is 2.29. The van der Waals surface area contributed by atoms with E-state index in [2.05, 4.69) is 5.32 Å². The van der Waals surface area contributed by atoms with Crippen LogP contribution in [0.4, 0.5) is 5.69 Å². The maximum absolute atomic E-state index is 11.2. The number of carbonyl (C=O) groups is 1. The quantitative estimate of drug-likeness (QED) is 0.801. The molecule has 1 aromatic rings. The largest absolute Gasteiger partial charge is 0.396 e. The molecule has 1 aliphatic rings. The highest BCUT2D eigenvalue weighted by molar-refractivity contribution is 5.94. The minimum Gasteiger partial charge on any atom is -0.396 e. The van der Waals surface area contributed by atoms with Crippen LogP contribution in [0.3, 0.4) is 0 Å². The Kier molecular flexibility index (Phi) is 4.97. The fraction of sp³-hybridized carbons (Fsp3) is 0.562. The Hall–Kier alpha value is -1.35. The van der Waals surface area contributed by atoms with Crippen LogP contribution in [0.15, 0.2) is 24.3 Å². The summed E-state index contributed by atoms with van der Waals surface area (Å²) in [6.45, 7) is 2.79. The van der Waals surface area contributed by atoms with Crippen LogP contribution < -0.4 is 5.32 Å². The highest BCUT2D eigenvalue weighted by Gasteiger charge is 2.23. The van der Waals surface area contributed by atoms with Crippen LogP contribution in [0.25, 0.3) is 0 Å². The lowest BCUT2D eigenvalue weighted by Gasteiger charge is -2.30. The number of rotatable bonds is 5. The first kappa shape index (κ1) is 14.1. The van der Waals surface area contributed by atoms with Crippen molar-refractivity contribution in [2.75, 3.05) is 18.5 Å². The van der Waals surface area contributed by atoms with Crippen molar-refractivity contribution in [2.24, 2.45) is 11.8 Å². The Morgan fingerprint density at radius 2 is 1.84 bits per heavy atom. The number of anilines is 1. The molecule has 0 spiro atoms. The molecule has 2 atom stereocenters. The number of hydrogen-bond acceptors (Lipinski definition) is 3. The van der Waals surface area contributed by atoms with Gasteiger partial charge in [-0.3, -0.25) is 4.79 Å². The molecule has 0 aromatic heterocycles. The van der Waals surface area contributed by atoms with E-state index in [0.717, 1.165) is 24.2 Å². The molecular weight excluding hydrogens is 238 g/mol. The molecule has 19 heavy (non-hydrogen) atoms. The maximum Gasteiger partial charge on any atom is 0.159 e. The summed E-state index contributed by atoms with van der Waals surface area (Å²) in [5, 5.41) is 12.8. The monoisotopic (exact) mass is 261 g/mol. The van der Waals surface area contributed by atoms with Gasteiger partial charge in [0.1, 0.15) is 0 Å². The Bertz CT molecular complexity index is 413. The van der Waals surface area contributed by atoms with E-state index in [-0.39, 0.29) is 5.78 Å². The van der Waals surface area contributed by atoms with E-state index in [1.807, 2.05) is 24.3 Å². The second kappa shape index (κ2) is 6.71. The standard InChI is InChI=1S/C16H23NO2/c1-12(19)13-6-8-16(9-7-13)17-10-14-4-2-3-5-15(14)11-18/h6-9,14-15,17-18H,2-5,10-11H2,1H3. The SMILES string of the molecule is CC(=O)c1ccc(NCC2CCCCC2CO)cc1. The molecule has 0 amide bonds. The lowest BCUT2D eigenvalue weighted by atomic mass is 9.79. The van der Waals surface area contributed by atoms with Crippen LogP contribution in [0.1, 0.15) is 43.0 Å². The van der Waals surface area contributed by atoms with E-state index in [0.29, 0.717) is 18.4 Å². The number of hydrogen-bond donors (Lipinski definition) is 2. The third-order valence-corrected chi connectivity index (χ3v) is 4.16. The minimum atomic E-state index is 0.0965. The Labute approximate surface area is 115 Å². The van der Waals surface area contributed by atoms with Crippen molar-refractivity contribution in [3.05, 3.63) is 29.8 Å². The Balaban J connectivity index is 1.88. The van der Waals surface area contributed by atoms with Crippen LogP contribution >= 0.6 is 0 Å². The molecule has 0 radical (unpaired) electrons. The molecule has 2 rings (SSSR count). The summed E-state index contributed by atoms with van der Waals surface area (Å²) < 4.78 is 0. The van der Waals surface area contributed by atoms with Gasteiger partial charge in [-0.25, -0.2) is 0 Å². The summed E-state index contributed by atoms with van der Waals surface area (Å²) in [6.07, 6.45) is 4.86. The molecule has 104 valence electrons. The van der Waals surface area contributed by atoms with Gasteiger partial charge in [0, 0.05) is 24.4 Å². The van der Waals surface area contributed by atoms with Crippen LogP contribution in [0, 0.1) is 11.8 Å². The number of aliphatic hydroxyl groups is 1. The molecule has 1 fully saturated rings. The fourth-order valence-corrected chi connectivity index (χ4v) is 2.87. The second-order valence-electron chi connectivity index (χ2n) is 5.50. The summed E-state index contributed by atoms with van der Waals surface area (Å²) in [7, 11) is 0. The molecule has 2 N–H and O–H groups in total. The number of nitrogens with one attached hydrogen (secondary N) is 1. The van der Waals surface area contributed by atoms with E-state index in [1.54, 1.807) is 6.92 Å². The van der Waals surface area contributed by atoms with Crippen molar-refractivity contribution >= 4 is 11.5 Å². The number of benzene rings is 1. The molecule has 0 heterocycles. The van der Waals surface area contributed by atoms with Gasteiger partial charge in [-0.15, -0.1) is 0 Å². The second-order valence-corrected chi connectivity index (χ2v) is 5.50. The molecule has 3 nitrogen and oxygen atoms in total. The minimum absolute atomic E-state index is 0.0965. The van der Waals surface area contributed by atoms with Gasteiger partial charge in [0.05, 0.1) is 0 Å². The fourth-order valence-electron chi connectivity index (χ4n) is 2.87. The summed E-state index contributed by atoms with van der Waals surface area (Å²) in [6, 6.07) is 7.62. The van der Waals surface area contributed by atoms with Crippen molar-refractivity contribution in [3.8, 4) is 0 Å². The highest BCUT2D eigenvalue weighted by atomic mass is 16.3. The van der Waals surface area contributed by atoms with Crippen LogP contribution in [0.5, 0.6) is 0 Å². The first-order valence-corrected chi connectivity index (χ1v) is 7.16. The molecule has 2 unspecified atom stereocenters. The summed E-state index contributed by atoms with van der Waals surface area (Å²) in [4.78, 5) is 11.2. The van der Waals surface area contributed by atoms with Gasteiger partial charge >= 0.3 is 0 Å². The van der Waals surface area contributed by atoms with Crippen molar-refractivity contribution < 1.29 is 9.90 Å². The topological polar surface area (TPSA) is 49.3 Å². The normalized spacial score (nSPS) is 23.1. The number of Topliss-reactive ketones (excluding diaryl/α,β-unsaturated/α-hetero) is 1. The van der Waals surface area contributed by atoms with Crippen molar-refractivity contribution in [3.63, 3.8) is 0 Å². The van der Waals surface area contributed by atoms with Gasteiger partial charge < -0.3 is 10.4 Å². The molecular formula is C16H23NO2. The van der Waals surface area contributed by atoms with Crippen LogP contribution in [-0.2, 0) is 0 Å². The van der Waals surface area contributed by atoms with E-state index >= 15 is 0 Å². The van der Waals surface area contributed by atoms with Gasteiger partial charge in [-0.05, 0) is 55.9 Å². The van der Waals surface area contributed by atoms with Gasteiger partial charge in [0.15, 0.2) is 5.78 Å². The molecule has 0 bridgehead atoms. The van der Waals surface area contributed by atoms with Gasteiger partial charge in [0.2, 0.25) is 0 Å². The van der Waals surface area contributed by atoms with E-state index in [4.69, 9.17) is 0 Å². The summed E-state index contributed by atoms with van der Waals surface area (Å²) in [5.41, 5.74) is 1.80. The van der Waals surface area contributed by atoms with Gasteiger partial charge in [0.25, 0.3) is 0 Å². The number of ketones is 1. The third-order valence-electron chi connectivity index (χ3n) is 4.16. The zero-order valence-electron chi connectivity index (χ0n) is 11.6. The Morgan fingerprint density at radius 3 is 2.42 bits per heavy atom.